The van der Waals surface area contributed by atoms with Gasteiger partial charge < -0.3 is 25.5 Å². The standard InChI is InChI=1S/C17H26F2N4O2/c1-17(25,11-22(2)3)10-20-16(24)21-12-8-13(18)15(14(19)9-12)23-6-4-5-7-23/h8-9,25H,4-7,10-11H2,1-3H3,(H2,20,21,24)/t17-/m0/s1. The Morgan fingerprint density at radius 3 is 2.36 bits per heavy atom. The molecule has 1 aliphatic rings. The summed E-state index contributed by atoms with van der Waals surface area (Å²) in [6.45, 7) is 3.22. The normalized spacial score (nSPS) is 16.8. The molecule has 0 aliphatic carbocycles. The summed E-state index contributed by atoms with van der Waals surface area (Å²) in [5.41, 5.74) is -1.13. The molecule has 1 atom stereocenters. The van der Waals surface area contributed by atoms with Crippen molar-refractivity contribution in [3.63, 3.8) is 0 Å². The fourth-order valence-electron chi connectivity index (χ4n) is 3.06. The average Bonchev–Trinajstić information content (AvgIpc) is 2.97. The average molecular weight is 356 g/mol. The number of rotatable bonds is 6. The fourth-order valence-corrected chi connectivity index (χ4v) is 3.06. The first-order chi connectivity index (χ1) is 11.7. The van der Waals surface area contributed by atoms with Crippen molar-refractivity contribution >= 4 is 17.4 Å². The summed E-state index contributed by atoms with van der Waals surface area (Å²) < 4.78 is 28.5. The van der Waals surface area contributed by atoms with Crippen molar-refractivity contribution in [2.45, 2.75) is 25.4 Å². The lowest BCUT2D eigenvalue weighted by atomic mass is 10.1. The molecule has 0 saturated carbocycles. The molecule has 3 N–H and O–H groups in total. The van der Waals surface area contributed by atoms with Crippen LogP contribution in [0.15, 0.2) is 12.1 Å². The fraction of sp³-hybridized carbons (Fsp3) is 0.588. The van der Waals surface area contributed by atoms with Crippen LogP contribution < -0.4 is 15.5 Å². The van der Waals surface area contributed by atoms with E-state index in [2.05, 4.69) is 10.6 Å². The summed E-state index contributed by atoms with van der Waals surface area (Å²) in [6, 6.07) is 1.58. The zero-order valence-corrected chi connectivity index (χ0v) is 14.9. The first-order valence-electron chi connectivity index (χ1n) is 8.34. The molecule has 25 heavy (non-hydrogen) atoms. The van der Waals surface area contributed by atoms with E-state index in [0.717, 1.165) is 25.0 Å². The third kappa shape index (κ3) is 5.54. The quantitative estimate of drug-likeness (QED) is 0.729. The van der Waals surface area contributed by atoms with Crippen LogP contribution >= 0.6 is 0 Å². The van der Waals surface area contributed by atoms with Crippen molar-refractivity contribution in [2.24, 2.45) is 0 Å². The summed E-state index contributed by atoms with van der Waals surface area (Å²) >= 11 is 0. The maximum atomic E-state index is 14.2. The second kappa shape index (κ2) is 7.97. The van der Waals surface area contributed by atoms with Gasteiger partial charge in [0.05, 0.1) is 5.60 Å². The van der Waals surface area contributed by atoms with E-state index in [1.807, 2.05) is 14.1 Å². The van der Waals surface area contributed by atoms with E-state index in [0.29, 0.717) is 19.6 Å². The Hall–Kier alpha value is -1.93. The van der Waals surface area contributed by atoms with Gasteiger partial charge in [-0.25, -0.2) is 13.6 Å². The lowest BCUT2D eigenvalue weighted by Crippen LogP contribution is -2.48. The molecule has 6 nitrogen and oxygen atoms in total. The molecule has 2 amide bonds. The Balaban J connectivity index is 1.97. The van der Waals surface area contributed by atoms with E-state index in [1.165, 1.54) is 0 Å². The minimum absolute atomic E-state index is 0.00778. The molecule has 8 heteroatoms. The minimum Gasteiger partial charge on any atom is -0.387 e. The molecule has 1 aromatic rings. The number of carbonyl (C=O) groups excluding carboxylic acids is 1. The van der Waals surface area contributed by atoms with Crippen molar-refractivity contribution in [1.82, 2.24) is 10.2 Å². The van der Waals surface area contributed by atoms with E-state index in [4.69, 9.17) is 0 Å². The predicted octanol–water partition coefficient (Wildman–Crippen LogP) is 2.00. The van der Waals surface area contributed by atoms with E-state index in [9.17, 15) is 18.7 Å². The van der Waals surface area contributed by atoms with Gasteiger partial charge in [0.15, 0.2) is 11.6 Å². The molecule has 140 valence electrons. The number of benzene rings is 1. The zero-order valence-electron chi connectivity index (χ0n) is 14.9. The van der Waals surface area contributed by atoms with E-state index in [1.54, 1.807) is 16.7 Å². The van der Waals surface area contributed by atoms with Crippen LogP contribution in [0, 0.1) is 11.6 Å². The Morgan fingerprint density at radius 1 is 1.28 bits per heavy atom. The second-order valence-electron chi connectivity index (χ2n) is 7.03. The van der Waals surface area contributed by atoms with Crippen LogP contribution in [-0.2, 0) is 0 Å². The Bertz CT molecular complexity index is 594. The van der Waals surface area contributed by atoms with Crippen LogP contribution in [-0.4, -0.2) is 61.9 Å². The first-order valence-corrected chi connectivity index (χ1v) is 8.34. The Morgan fingerprint density at radius 2 is 1.84 bits per heavy atom. The van der Waals surface area contributed by atoms with Gasteiger partial charge in [-0.3, -0.25) is 0 Å². The van der Waals surface area contributed by atoms with Gasteiger partial charge in [-0.1, -0.05) is 0 Å². The SMILES string of the molecule is CN(C)C[C@@](C)(O)CNC(=O)Nc1cc(F)c(N2CCCC2)c(F)c1. The third-order valence-electron chi connectivity index (χ3n) is 3.98. The van der Waals surface area contributed by atoms with Gasteiger partial charge in [0.25, 0.3) is 0 Å². The molecule has 0 aromatic heterocycles. The van der Waals surface area contributed by atoms with Gasteiger partial charge in [-0.15, -0.1) is 0 Å². The van der Waals surface area contributed by atoms with Crippen LogP contribution in [0.3, 0.4) is 0 Å². The lowest BCUT2D eigenvalue weighted by molar-refractivity contribution is 0.0364. The van der Waals surface area contributed by atoms with Gasteiger partial charge >= 0.3 is 6.03 Å². The number of nitrogens with zero attached hydrogens (tertiary/aromatic N) is 2. The summed E-state index contributed by atoms with van der Waals surface area (Å²) in [7, 11) is 3.62. The van der Waals surface area contributed by atoms with Gasteiger partial charge in [0, 0.05) is 31.9 Å². The van der Waals surface area contributed by atoms with Crippen LogP contribution in [0.2, 0.25) is 0 Å². The number of halogens is 2. The van der Waals surface area contributed by atoms with Crippen molar-refractivity contribution in [3.8, 4) is 0 Å². The summed E-state index contributed by atoms with van der Waals surface area (Å²) in [4.78, 5) is 15.4. The number of aliphatic hydroxyl groups is 1. The summed E-state index contributed by atoms with van der Waals surface area (Å²) in [5, 5.41) is 15.0. The highest BCUT2D eigenvalue weighted by Crippen LogP contribution is 2.29. The Labute approximate surface area is 146 Å². The van der Waals surface area contributed by atoms with Crippen molar-refractivity contribution in [1.29, 1.82) is 0 Å². The molecule has 0 bridgehead atoms. The van der Waals surface area contributed by atoms with Crippen molar-refractivity contribution < 1.29 is 18.7 Å². The molecule has 1 aromatic carbocycles. The number of nitrogens with one attached hydrogen (secondary N) is 2. The highest BCUT2D eigenvalue weighted by atomic mass is 19.1. The van der Waals surface area contributed by atoms with E-state index < -0.39 is 23.3 Å². The molecule has 1 fully saturated rings. The number of urea groups is 1. The van der Waals surface area contributed by atoms with Crippen LogP contribution in [0.4, 0.5) is 25.0 Å². The lowest BCUT2D eigenvalue weighted by Gasteiger charge is -2.27. The number of hydrogen-bond acceptors (Lipinski definition) is 4. The van der Waals surface area contributed by atoms with Gasteiger partial charge in [-0.2, -0.15) is 0 Å². The second-order valence-corrected chi connectivity index (χ2v) is 7.03. The summed E-state index contributed by atoms with van der Waals surface area (Å²) in [5.74, 6) is -1.39. The largest absolute Gasteiger partial charge is 0.387 e. The molecule has 1 aliphatic heterocycles. The molecule has 2 rings (SSSR count). The number of likely N-dealkylation sites (N-methyl/N-ethyl adjacent to an activating group) is 1. The Kier molecular flexibility index (Phi) is 6.18. The summed E-state index contributed by atoms with van der Waals surface area (Å²) in [6.07, 6.45) is 1.82. The van der Waals surface area contributed by atoms with E-state index in [-0.39, 0.29) is 17.9 Å². The zero-order chi connectivity index (χ0) is 18.6. The maximum absolute atomic E-state index is 14.2. The molecule has 0 spiro atoms. The molecule has 0 unspecified atom stereocenters. The number of anilines is 2. The third-order valence-corrected chi connectivity index (χ3v) is 3.98. The highest BCUT2D eigenvalue weighted by Gasteiger charge is 2.23. The molecule has 0 radical (unpaired) electrons. The smallest absolute Gasteiger partial charge is 0.319 e. The van der Waals surface area contributed by atoms with Crippen molar-refractivity contribution in [2.75, 3.05) is 50.5 Å². The number of amides is 2. The topological polar surface area (TPSA) is 67.8 Å². The van der Waals surface area contributed by atoms with Crippen LogP contribution in [0.25, 0.3) is 0 Å². The van der Waals surface area contributed by atoms with Gasteiger partial charge in [0.1, 0.15) is 5.69 Å². The van der Waals surface area contributed by atoms with Crippen LogP contribution in [0.1, 0.15) is 19.8 Å². The van der Waals surface area contributed by atoms with Gasteiger partial charge in [0.2, 0.25) is 0 Å². The molecular formula is C17H26F2N4O2. The van der Waals surface area contributed by atoms with E-state index >= 15 is 0 Å². The highest BCUT2D eigenvalue weighted by molar-refractivity contribution is 5.89. The minimum atomic E-state index is -1.11. The maximum Gasteiger partial charge on any atom is 0.319 e. The number of hydrogen-bond donors (Lipinski definition) is 3. The van der Waals surface area contributed by atoms with Crippen LogP contribution in [0.5, 0.6) is 0 Å². The monoisotopic (exact) mass is 356 g/mol. The first kappa shape index (κ1) is 19.4. The molecule has 1 saturated heterocycles. The van der Waals surface area contributed by atoms with Gasteiger partial charge in [-0.05, 0) is 46.0 Å². The molecule has 1 heterocycles. The van der Waals surface area contributed by atoms with Crippen molar-refractivity contribution in [3.05, 3.63) is 23.8 Å². The number of carbonyl (C=O) groups is 1. The molecular weight excluding hydrogens is 330 g/mol. The predicted molar refractivity (Wildman–Crippen MR) is 94.0 cm³/mol.